The summed E-state index contributed by atoms with van der Waals surface area (Å²) in [6.45, 7) is 3.59. The van der Waals surface area contributed by atoms with Gasteiger partial charge >= 0.3 is 6.02 Å². The van der Waals surface area contributed by atoms with E-state index in [1.54, 1.807) is 26.0 Å². The molecule has 0 fully saturated rings. The number of amidine groups is 1. The van der Waals surface area contributed by atoms with Crippen molar-refractivity contribution in [2.24, 2.45) is 4.99 Å². The van der Waals surface area contributed by atoms with Crippen molar-refractivity contribution < 1.29 is 14.6 Å². The standard InChI is InChI=1S/C19H19N3O3/c1-19(2)17(23)16(14-10-6-7-11-15(14)25-19)22-18(21-12-20)24-13-8-4-3-5-9-13/h3-11,16-17,23H,1-2H3,(H,21,22). The summed E-state index contributed by atoms with van der Waals surface area (Å²) in [6.07, 6.45) is 0.913. The maximum atomic E-state index is 10.7. The Balaban J connectivity index is 1.99. The lowest BCUT2D eigenvalue weighted by Gasteiger charge is -2.40. The first-order valence-electron chi connectivity index (χ1n) is 7.93. The molecule has 3 rings (SSSR count). The van der Waals surface area contributed by atoms with Crippen LogP contribution in [0.4, 0.5) is 0 Å². The third-order valence-electron chi connectivity index (χ3n) is 4.00. The van der Waals surface area contributed by atoms with Crippen LogP contribution in [-0.4, -0.2) is 22.8 Å². The van der Waals surface area contributed by atoms with Gasteiger partial charge < -0.3 is 14.6 Å². The first-order chi connectivity index (χ1) is 12.0. The summed E-state index contributed by atoms with van der Waals surface area (Å²) in [7, 11) is 0. The molecule has 0 radical (unpaired) electrons. The highest BCUT2D eigenvalue weighted by Gasteiger charge is 2.43. The van der Waals surface area contributed by atoms with Crippen LogP contribution in [0.3, 0.4) is 0 Å². The first-order valence-corrected chi connectivity index (χ1v) is 7.93. The van der Waals surface area contributed by atoms with E-state index < -0.39 is 17.7 Å². The molecule has 1 aliphatic rings. The molecular weight excluding hydrogens is 318 g/mol. The molecule has 0 amide bonds. The first kappa shape index (κ1) is 16.8. The Morgan fingerprint density at radius 1 is 1.20 bits per heavy atom. The van der Waals surface area contributed by atoms with E-state index in [0.717, 1.165) is 5.56 Å². The number of aliphatic hydroxyl groups excluding tert-OH is 1. The lowest BCUT2D eigenvalue weighted by molar-refractivity contribution is -0.0569. The maximum absolute atomic E-state index is 10.7. The quantitative estimate of drug-likeness (QED) is 0.381. The number of aliphatic imine (C=N–C) groups is 1. The molecule has 128 valence electrons. The topological polar surface area (TPSA) is 86.9 Å². The lowest BCUT2D eigenvalue weighted by atomic mass is 9.87. The second kappa shape index (κ2) is 6.83. The van der Waals surface area contributed by atoms with E-state index in [-0.39, 0.29) is 6.02 Å². The van der Waals surface area contributed by atoms with Gasteiger partial charge in [0.05, 0.1) is 0 Å². The summed E-state index contributed by atoms with van der Waals surface area (Å²) in [4.78, 5) is 4.47. The molecule has 25 heavy (non-hydrogen) atoms. The fraction of sp³-hybridized carbons (Fsp3) is 0.263. The van der Waals surface area contributed by atoms with Crippen LogP contribution in [0.1, 0.15) is 25.5 Å². The van der Waals surface area contributed by atoms with E-state index in [2.05, 4.69) is 10.3 Å². The van der Waals surface area contributed by atoms with Crippen molar-refractivity contribution in [2.75, 3.05) is 0 Å². The number of nitrogens with one attached hydrogen (secondary N) is 1. The van der Waals surface area contributed by atoms with Crippen LogP contribution in [-0.2, 0) is 0 Å². The number of aliphatic hydroxyl groups is 1. The van der Waals surface area contributed by atoms with Gasteiger partial charge in [0.25, 0.3) is 0 Å². The van der Waals surface area contributed by atoms with Crippen LogP contribution in [0.2, 0.25) is 0 Å². The Morgan fingerprint density at radius 3 is 2.60 bits per heavy atom. The van der Waals surface area contributed by atoms with Crippen LogP contribution in [0, 0.1) is 11.5 Å². The summed E-state index contributed by atoms with van der Waals surface area (Å²) in [5, 5.41) is 22.2. The molecule has 2 aromatic rings. The van der Waals surface area contributed by atoms with E-state index in [9.17, 15) is 5.11 Å². The molecule has 1 aliphatic heterocycles. The number of ether oxygens (including phenoxy) is 2. The molecule has 2 N–H and O–H groups in total. The summed E-state index contributed by atoms with van der Waals surface area (Å²) in [6, 6.07) is 15.8. The Bertz CT molecular complexity index is 812. The van der Waals surface area contributed by atoms with Crippen LogP contribution in [0.5, 0.6) is 11.5 Å². The minimum Gasteiger partial charge on any atom is -0.485 e. The van der Waals surface area contributed by atoms with Crippen LogP contribution in [0.25, 0.3) is 0 Å². The van der Waals surface area contributed by atoms with Gasteiger partial charge in [0.1, 0.15) is 29.2 Å². The molecule has 0 aliphatic carbocycles. The molecule has 6 nitrogen and oxygen atoms in total. The molecule has 0 saturated heterocycles. The monoisotopic (exact) mass is 337 g/mol. The molecule has 0 spiro atoms. The fourth-order valence-corrected chi connectivity index (χ4v) is 2.71. The lowest BCUT2D eigenvalue weighted by Crippen LogP contribution is -2.48. The van der Waals surface area contributed by atoms with Crippen molar-refractivity contribution in [3.63, 3.8) is 0 Å². The van der Waals surface area contributed by atoms with E-state index in [0.29, 0.717) is 11.5 Å². The Hall–Kier alpha value is -3.04. The van der Waals surface area contributed by atoms with Gasteiger partial charge in [-0.25, -0.2) is 10.3 Å². The molecule has 0 saturated carbocycles. The van der Waals surface area contributed by atoms with Crippen LogP contribution < -0.4 is 14.8 Å². The third-order valence-corrected chi connectivity index (χ3v) is 4.00. The summed E-state index contributed by atoms with van der Waals surface area (Å²) < 4.78 is 11.5. The minimum absolute atomic E-state index is 0.0188. The molecule has 2 unspecified atom stereocenters. The zero-order valence-electron chi connectivity index (χ0n) is 14.0. The molecule has 2 atom stereocenters. The van der Waals surface area contributed by atoms with E-state index in [4.69, 9.17) is 14.7 Å². The Kier molecular flexibility index (Phi) is 4.59. The summed E-state index contributed by atoms with van der Waals surface area (Å²) in [5.41, 5.74) is -0.0873. The second-order valence-corrected chi connectivity index (χ2v) is 6.22. The Morgan fingerprint density at radius 2 is 1.88 bits per heavy atom. The molecule has 0 bridgehead atoms. The highest BCUT2D eigenvalue weighted by molar-refractivity contribution is 5.78. The van der Waals surface area contributed by atoms with Gasteiger partial charge in [0.2, 0.25) is 0 Å². The Labute approximate surface area is 146 Å². The second-order valence-electron chi connectivity index (χ2n) is 6.22. The van der Waals surface area contributed by atoms with Gasteiger partial charge in [0, 0.05) is 5.56 Å². The van der Waals surface area contributed by atoms with Gasteiger partial charge in [-0.15, -0.1) is 0 Å². The predicted molar refractivity (Wildman–Crippen MR) is 93.2 cm³/mol. The smallest absolute Gasteiger partial charge is 0.304 e. The minimum atomic E-state index is -0.905. The highest BCUT2D eigenvalue weighted by atomic mass is 16.5. The largest absolute Gasteiger partial charge is 0.485 e. The van der Waals surface area contributed by atoms with Gasteiger partial charge in [-0.2, -0.15) is 5.26 Å². The number of hydrogen-bond donors (Lipinski definition) is 2. The van der Waals surface area contributed by atoms with Gasteiger partial charge in [-0.1, -0.05) is 36.4 Å². The van der Waals surface area contributed by atoms with Crippen LogP contribution >= 0.6 is 0 Å². The van der Waals surface area contributed by atoms with Gasteiger partial charge in [0.15, 0.2) is 6.19 Å². The summed E-state index contributed by atoms with van der Waals surface area (Å²) in [5.74, 6) is 1.20. The molecule has 0 aromatic heterocycles. The normalized spacial score (nSPS) is 21.4. The van der Waals surface area contributed by atoms with Crippen LogP contribution in [0.15, 0.2) is 59.6 Å². The molecular formula is C19H19N3O3. The van der Waals surface area contributed by atoms with Crippen molar-refractivity contribution in [3.05, 3.63) is 60.2 Å². The highest BCUT2D eigenvalue weighted by Crippen LogP contribution is 2.41. The number of fused-ring (bicyclic) bond motifs is 1. The van der Waals surface area contributed by atoms with Crippen molar-refractivity contribution in [2.45, 2.75) is 31.6 Å². The van der Waals surface area contributed by atoms with Gasteiger partial charge in [-0.05, 0) is 32.0 Å². The molecule has 2 aromatic carbocycles. The number of para-hydroxylation sites is 2. The van der Waals surface area contributed by atoms with Crippen molar-refractivity contribution in [3.8, 4) is 17.7 Å². The van der Waals surface area contributed by atoms with E-state index >= 15 is 0 Å². The molecule has 1 heterocycles. The number of hydrogen-bond acceptors (Lipinski definition) is 5. The average molecular weight is 337 g/mol. The van der Waals surface area contributed by atoms with Crippen molar-refractivity contribution >= 4 is 6.02 Å². The van der Waals surface area contributed by atoms with Crippen molar-refractivity contribution in [1.82, 2.24) is 5.32 Å². The van der Waals surface area contributed by atoms with E-state index in [1.165, 1.54) is 0 Å². The average Bonchev–Trinajstić information content (AvgIpc) is 2.59. The fourth-order valence-electron chi connectivity index (χ4n) is 2.71. The van der Waals surface area contributed by atoms with Gasteiger partial charge in [-0.3, -0.25) is 0 Å². The predicted octanol–water partition coefficient (Wildman–Crippen LogP) is 2.77. The maximum Gasteiger partial charge on any atom is 0.304 e. The molecule has 6 heteroatoms. The zero-order chi connectivity index (χ0) is 17.9. The zero-order valence-corrected chi connectivity index (χ0v) is 14.0. The number of rotatable bonds is 2. The number of nitrogens with zero attached hydrogens (tertiary/aromatic N) is 2. The third kappa shape index (κ3) is 3.57. The summed E-state index contributed by atoms with van der Waals surface area (Å²) >= 11 is 0. The number of nitriles is 1. The SMILES string of the molecule is CC1(C)Oc2ccccc2C(N=C(NC#N)Oc2ccccc2)C1O. The number of benzene rings is 2. The van der Waals surface area contributed by atoms with Crippen molar-refractivity contribution in [1.29, 1.82) is 5.26 Å². The van der Waals surface area contributed by atoms with E-state index in [1.807, 2.05) is 48.7 Å².